The SMILES string of the molecule is CC(C)c1cc(Br)cc(C=O)c1O.CC(C)c1cccc(C=O)c1O. The average molecular weight is 407 g/mol. The Bertz CT molecular complexity index is 752. The molecule has 25 heavy (non-hydrogen) atoms. The molecule has 0 aliphatic heterocycles. The van der Waals surface area contributed by atoms with E-state index in [4.69, 9.17) is 0 Å². The van der Waals surface area contributed by atoms with E-state index in [-0.39, 0.29) is 23.3 Å². The summed E-state index contributed by atoms with van der Waals surface area (Å²) in [5.41, 5.74) is 2.30. The van der Waals surface area contributed by atoms with Crippen LogP contribution in [0.15, 0.2) is 34.8 Å². The van der Waals surface area contributed by atoms with Gasteiger partial charge in [0.2, 0.25) is 0 Å². The Labute approximate surface area is 156 Å². The van der Waals surface area contributed by atoms with E-state index in [1.165, 1.54) is 0 Å². The van der Waals surface area contributed by atoms with Crippen molar-refractivity contribution in [2.24, 2.45) is 0 Å². The molecule has 5 heteroatoms. The Hall–Kier alpha value is -2.14. The van der Waals surface area contributed by atoms with Crippen molar-refractivity contribution >= 4 is 28.5 Å². The summed E-state index contributed by atoms with van der Waals surface area (Å²) in [4.78, 5) is 21.0. The van der Waals surface area contributed by atoms with E-state index in [1.54, 1.807) is 18.2 Å². The van der Waals surface area contributed by atoms with Crippen LogP contribution in [0.4, 0.5) is 0 Å². The first-order chi connectivity index (χ1) is 11.7. The molecule has 2 N–H and O–H groups in total. The number of hydrogen-bond acceptors (Lipinski definition) is 4. The normalized spacial score (nSPS) is 10.4. The third kappa shape index (κ3) is 5.43. The first kappa shape index (κ1) is 20.9. The van der Waals surface area contributed by atoms with E-state index in [0.29, 0.717) is 23.7 Å². The van der Waals surface area contributed by atoms with Gasteiger partial charge in [-0.25, -0.2) is 0 Å². The maximum absolute atomic E-state index is 10.6. The van der Waals surface area contributed by atoms with Gasteiger partial charge in [0.1, 0.15) is 11.5 Å². The zero-order chi connectivity index (χ0) is 19.1. The summed E-state index contributed by atoms with van der Waals surface area (Å²) in [6, 6.07) is 8.64. The highest BCUT2D eigenvalue weighted by molar-refractivity contribution is 9.10. The van der Waals surface area contributed by atoms with Crippen LogP contribution in [0.3, 0.4) is 0 Å². The number of aldehydes is 2. The smallest absolute Gasteiger partial charge is 0.153 e. The fourth-order valence-corrected chi connectivity index (χ4v) is 2.81. The molecule has 0 bridgehead atoms. The van der Waals surface area contributed by atoms with Gasteiger partial charge in [-0.1, -0.05) is 55.8 Å². The highest BCUT2D eigenvalue weighted by Gasteiger charge is 2.11. The van der Waals surface area contributed by atoms with Gasteiger partial charge in [-0.05, 0) is 41.2 Å². The van der Waals surface area contributed by atoms with Gasteiger partial charge in [0.05, 0.1) is 11.1 Å². The predicted molar refractivity (Wildman–Crippen MR) is 103 cm³/mol. The molecule has 0 aliphatic rings. The fourth-order valence-electron chi connectivity index (χ4n) is 2.31. The number of hydrogen-bond donors (Lipinski definition) is 2. The van der Waals surface area contributed by atoms with Gasteiger partial charge in [-0.2, -0.15) is 0 Å². The van der Waals surface area contributed by atoms with Crippen LogP contribution in [0.25, 0.3) is 0 Å². The molecule has 0 spiro atoms. The molecule has 0 unspecified atom stereocenters. The van der Waals surface area contributed by atoms with Crippen LogP contribution in [0.1, 0.15) is 71.4 Å². The quantitative estimate of drug-likeness (QED) is 0.664. The number of halogens is 1. The summed E-state index contributed by atoms with van der Waals surface area (Å²) in [6.07, 6.45) is 1.33. The number of carbonyl (C=O) groups is 2. The predicted octanol–water partition coefficient (Wildman–Crippen LogP) is 5.42. The van der Waals surface area contributed by atoms with Crippen molar-refractivity contribution in [1.82, 2.24) is 0 Å². The van der Waals surface area contributed by atoms with Gasteiger partial charge in [0, 0.05) is 4.47 Å². The maximum Gasteiger partial charge on any atom is 0.153 e. The molecule has 0 atom stereocenters. The Morgan fingerprint density at radius 3 is 1.84 bits per heavy atom. The summed E-state index contributed by atoms with van der Waals surface area (Å²) in [5.74, 6) is 0.650. The van der Waals surface area contributed by atoms with Crippen LogP contribution >= 0.6 is 15.9 Å². The molecule has 0 heterocycles. The number of benzene rings is 2. The fraction of sp³-hybridized carbons (Fsp3) is 0.300. The van der Waals surface area contributed by atoms with E-state index in [9.17, 15) is 19.8 Å². The Morgan fingerprint density at radius 1 is 0.840 bits per heavy atom. The van der Waals surface area contributed by atoms with Crippen molar-refractivity contribution in [2.75, 3.05) is 0 Å². The minimum absolute atomic E-state index is 0.0909. The van der Waals surface area contributed by atoms with Crippen LogP contribution in [0.5, 0.6) is 11.5 Å². The highest BCUT2D eigenvalue weighted by Crippen LogP contribution is 2.31. The van der Waals surface area contributed by atoms with Crippen molar-refractivity contribution in [3.63, 3.8) is 0 Å². The number of aromatic hydroxyl groups is 2. The summed E-state index contributed by atoms with van der Waals surface area (Å²) < 4.78 is 0.816. The van der Waals surface area contributed by atoms with Crippen LogP contribution in [0, 0.1) is 0 Å². The van der Waals surface area contributed by atoms with Gasteiger partial charge in [0.15, 0.2) is 12.6 Å². The first-order valence-electron chi connectivity index (χ1n) is 7.97. The summed E-state index contributed by atoms with van der Waals surface area (Å²) >= 11 is 3.29. The Morgan fingerprint density at radius 2 is 1.36 bits per heavy atom. The standard InChI is InChI=1S/C10H11BrO2.C10H12O2/c1-6(2)9-4-8(11)3-7(5-12)10(9)13;1-7(2)9-5-3-4-8(6-11)10(9)12/h3-6,13H,1-2H3;3-7,12H,1-2H3. The van der Waals surface area contributed by atoms with E-state index < -0.39 is 0 Å². The second-order valence-electron chi connectivity index (χ2n) is 6.26. The van der Waals surface area contributed by atoms with Crippen molar-refractivity contribution < 1.29 is 19.8 Å². The van der Waals surface area contributed by atoms with Gasteiger partial charge in [0.25, 0.3) is 0 Å². The first-order valence-corrected chi connectivity index (χ1v) is 8.76. The van der Waals surface area contributed by atoms with Crippen LogP contribution in [-0.4, -0.2) is 22.8 Å². The van der Waals surface area contributed by atoms with Gasteiger partial charge in [-0.15, -0.1) is 0 Å². The molecule has 134 valence electrons. The molecule has 2 aromatic rings. The number of phenolic OH excluding ortho intramolecular Hbond substituents is 2. The summed E-state index contributed by atoms with van der Waals surface area (Å²) in [7, 11) is 0. The maximum atomic E-state index is 10.6. The minimum atomic E-state index is 0.0909. The van der Waals surface area contributed by atoms with Crippen LogP contribution in [0.2, 0.25) is 0 Å². The van der Waals surface area contributed by atoms with Gasteiger partial charge in [-0.3, -0.25) is 9.59 Å². The number of carbonyl (C=O) groups excluding carboxylic acids is 2. The zero-order valence-corrected chi connectivity index (χ0v) is 16.4. The van der Waals surface area contributed by atoms with E-state index in [2.05, 4.69) is 15.9 Å². The van der Waals surface area contributed by atoms with Crippen molar-refractivity contribution in [1.29, 1.82) is 0 Å². The number of rotatable bonds is 4. The third-order valence-corrected chi connectivity index (χ3v) is 4.19. The average Bonchev–Trinajstić information content (AvgIpc) is 2.56. The molecule has 4 nitrogen and oxygen atoms in total. The van der Waals surface area contributed by atoms with Crippen molar-refractivity contribution in [3.8, 4) is 11.5 Å². The zero-order valence-electron chi connectivity index (χ0n) is 14.8. The molecule has 0 radical (unpaired) electrons. The lowest BCUT2D eigenvalue weighted by molar-refractivity contribution is 0.111. The molecule has 0 fully saturated rings. The molecule has 0 aromatic heterocycles. The molecule has 2 aromatic carbocycles. The number of para-hydroxylation sites is 1. The molecule has 0 amide bonds. The minimum Gasteiger partial charge on any atom is -0.507 e. The molecular formula is C20H23BrO4. The van der Waals surface area contributed by atoms with Crippen molar-refractivity contribution in [2.45, 2.75) is 39.5 Å². The Balaban J connectivity index is 0.000000251. The number of phenols is 2. The van der Waals surface area contributed by atoms with Gasteiger partial charge >= 0.3 is 0 Å². The monoisotopic (exact) mass is 406 g/mol. The molecule has 0 saturated heterocycles. The topological polar surface area (TPSA) is 74.6 Å². The molecular weight excluding hydrogens is 384 g/mol. The largest absolute Gasteiger partial charge is 0.507 e. The third-order valence-electron chi connectivity index (χ3n) is 3.73. The highest BCUT2D eigenvalue weighted by atomic mass is 79.9. The lowest BCUT2D eigenvalue weighted by Crippen LogP contribution is -1.92. The summed E-state index contributed by atoms with van der Waals surface area (Å²) in [5, 5.41) is 19.2. The second kappa shape index (κ2) is 9.37. The lowest BCUT2D eigenvalue weighted by atomic mass is 10.00. The Kier molecular flexibility index (Phi) is 7.84. The summed E-state index contributed by atoms with van der Waals surface area (Å²) in [6.45, 7) is 7.89. The molecule has 0 aliphatic carbocycles. The molecule has 2 rings (SSSR count). The van der Waals surface area contributed by atoms with Gasteiger partial charge < -0.3 is 10.2 Å². The lowest BCUT2D eigenvalue weighted by Gasteiger charge is -2.10. The molecule has 0 saturated carbocycles. The second-order valence-corrected chi connectivity index (χ2v) is 7.18. The van der Waals surface area contributed by atoms with Crippen LogP contribution in [-0.2, 0) is 0 Å². The van der Waals surface area contributed by atoms with Crippen molar-refractivity contribution in [3.05, 3.63) is 57.1 Å². The van der Waals surface area contributed by atoms with E-state index in [1.807, 2.05) is 39.8 Å². The van der Waals surface area contributed by atoms with Crippen LogP contribution < -0.4 is 0 Å². The van der Waals surface area contributed by atoms with E-state index in [0.717, 1.165) is 15.6 Å². The van der Waals surface area contributed by atoms with E-state index >= 15 is 0 Å².